The Labute approximate surface area is 189 Å². The summed E-state index contributed by atoms with van der Waals surface area (Å²) in [4.78, 5) is 30.2. The number of ketones is 1. The quantitative estimate of drug-likeness (QED) is 0.297. The third-order valence-corrected chi connectivity index (χ3v) is 5.15. The molecule has 2 aromatic heterocycles. The Hall–Kier alpha value is -4.07. The second-order valence-electron chi connectivity index (χ2n) is 7.69. The number of halogens is 1. The van der Waals surface area contributed by atoms with E-state index in [1.165, 1.54) is 19.2 Å². The maximum absolute atomic E-state index is 13.9. The number of nitrogens with zero attached hydrogens (tertiary/aromatic N) is 3. The number of carbonyl (C=O) groups is 2. The molecule has 0 saturated heterocycles. The molecule has 0 aliphatic carbocycles. The predicted octanol–water partition coefficient (Wildman–Crippen LogP) is 4.87. The highest BCUT2D eigenvalue weighted by molar-refractivity contribution is 6.05. The van der Waals surface area contributed by atoms with Crippen LogP contribution in [0.3, 0.4) is 0 Å². The van der Waals surface area contributed by atoms with E-state index >= 15 is 0 Å². The fourth-order valence-electron chi connectivity index (χ4n) is 3.45. The highest BCUT2D eigenvalue weighted by Gasteiger charge is 2.21. The monoisotopic (exact) mass is 447 g/mol. The Morgan fingerprint density at radius 3 is 2.52 bits per heavy atom. The second kappa shape index (κ2) is 9.20. The molecule has 0 saturated carbocycles. The van der Waals surface area contributed by atoms with Crippen molar-refractivity contribution < 1.29 is 23.5 Å². The van der Waals surface area contributed by atoms with Crippen LogP contribution in [0.4, 0.5) is 4.39 Å². The highest BCUT2D eigenvalue weighted by atomic mass is 19.1. The fraction of sp³-hybridized carbons (Fsp3) is 0.200. The molecule has 7 nitrogen and oxygen atoms in total. The summed E-state index contributed by atoms with van der Waals surface area (Å²) in [5.41, 5.74) is 2.29. The Balaban J connectivity index is 1.64. The molecule has 2 heterocycles. The third kappa shape index (κ3) is 4.45. The molecule has 2 aromatic carbocycles. The van der Waals surface area contributed by atoms with Crippen LogP contribution < -0.4 is 4.74 Å². The molecule has 8 heteroatoms. The van der Waals surface area contributed by atoms with Gasteiger partial charge in [0.05, 0.1) is 30.0 Å². The van der Waals surface area contributed by atoms with Gasteiger partial charge < -0.3 is 9.47 Å². The molecule has 0 N–H and O–H groups in total. The first-order valence-electron chi connectivity index (χ1n) is 10.4. The topological polar surface area (TPSA) is 83.3 Å². The van der Waals surface area contributed by atoms with Gasteiger partial charge in [0.15, 0.2) is 29.6 Å². The summed E-state index contributed by atoms with van der Waals surface area (Å²) < 4.78 is 25.8. The Kier molecular flexibility index (Phi) is 6.17. The molecule has 0 spiro atoms. The fourth-order valence-corrected chi connectivity index (χ4v) is 3.45. The Bertz CT molecular complexity index is 1330. The highest BCUT2D eigenvalue weighted by Crippen LogP contribution is 2.27. The molecule has 0 radical (unpaired) electrons. The minimum absolute atomic E-state index is 0.0245. The normalized spacial score (nSPS) is 11.1. The molecule has 4 aromatic rings. The number of hydrogen-bond acceptors (Lipinski definition) is 6. The van der Waals surface area contributed by atoms with Crippen LogP contribution in [0.1, 0.15) is 40.6 Å². The number of methoxy groups -OCH3 is 1. The molecule has 33 heavy (non-hydrogen) atoms. The number of aromatic nitrogens is 3. The van der Waals surface area contributed by atoms with Gasteiger partial charge in [-0.05, 0) is 38.1 Å². The van der Waals surface area contributed by atoms with E-state index in [1.807, 2.05) is 44.2 Å². The number of hydrogen-bond donors (Lipinski definition) is 0. The van der Waals surface area contributed by atoms with E-state index in [4.69, 9.17) is 14.5 Å². The molecule has 0 unspecified atom stereocenters. The summed E-state index contributed by atoms with van der Waals surface area (Å²) >= 11 is 0. The van der Waals surface area contributed by atoms with Crippen LogP contribution in [0.2, 0.25) is 0 Å². The zero-order valence-corrected chi connectivity index (χ0v) is 18.4. The lowest BCUT2D eigenvalue weighted by molar-refractivity contribution is 0.0476. The number of carbonyl (C=O) groups excluding carboxylic acids is 2. The lowest BCUT2D eigenvalue weighted by Crippen LogP contribution is -2.15. The first-order valence-corrected chi connectivity index (χ1v) is 10.4. The van der Waals surface area contributed by atoms with Crippen LogP contribution in [-0.4, -0.2) is 40.2 Å². The van der Waals surface area contributed by atoms with Crippen LogP contribution in [0, 0.1) is 5.82 Å². The van der Waals surface area contributed by atoms with Gasteiger partial charge in [-0.15, -0.1) is 0 Å². The summed E-state index contributed by atoms with van der Waals surface area (Å²) in [5.74, 6) is -1.86. The van der Waals surface area contributed by atoms with Crippen molar-refractivity contribution >= 4 is 22.8 Å². The minimum Gasteiger partial charge on any atom is -0.494 e. The molecule has 4 rings (SSSR count). The summed E-state index contributed by atoms with van der Waals surface area (Å²) in [7, 11) is 1.34. The zero-order chi connectivity index (χ0) is 23.5. The first-order chi connectivity index (χ1) is 15.9. The van der Waals surface area contributed by atoms with Crippen molar-refractivity contribution in [1.29, 1.82) is 0 Å². The van der Waals surface area contributed by atoms with Gasteiger partial charge in [0, 0.05) is 17.2 Å². The van der Waals surface area contributed by atoms with Gasteiger partial charge in [-0.3, -0.25) is 4.79 Å². The number of fused-ring (bicyclic) bond motifs is 1. The average Bonchev–Trinajstić information content (AvgIpc) is 3.26. The Morgan fingerprint density at radius 1 is 1.09 bits per heavy atom. The van der Waals surface area contributed by atoms with Gasteiger partial charge in [0.1, 0.15) is 0 Å². The van der Waals surface area contributed by atoms with Gasteiger partial charge in [0.25, 0.3) is 0 Å². The minimum atomic E-state index is -0.690. The number of benzene rings is 2. The van der Waals surface area contributed by atoms with Gasteiger partial charge in [-0.25, -0.2) is 18.9 Å². The largest absolute Gasteiger partial charge is 0.494 e. The van der Waals surface area contributed by atoms with Crippen molar-refractivity contribution in [2.45, 2.75) is 19.9 Å². The van der Waals surface area contributed by atoms with Crippen LogP contribution in [0.15, 0.2) is 60.8 Å². The van der Waals surface area contributed by atoms with Crippen molar-refractivity contribution in [2.24, 2.45) is 0 Å². The number of Topliss-reactive ketones (excluding diaryl/α,β-unsaturated/α-hetero) is 1. The van der Waals surface area contributed by atoms with E-state index in [2.05, 4.69) is 5.10 Å². The van der Waals surface area contributed by atoms with Crippen LogP contribution in [0.5, 0.6) is 5.75 Å². The smallest absolute Gasteiger partial charge is 0.339 e. The lowest BCUT2D eigenvalue weighted by Gasteiger charge is -2.11. The standard InChI is InChI=1S/C25H22FN3O4/c1-15(2)29-24-19(13-27-29)18(12-21(28-24)16-7-5-4-6-8-16)25(31)33-14-22(30)17-9-10-23(32-3)20(26)11-17/h4-13,15H,14H2,1-3H3. The molecule has 0 aliphatic rings. The van der Waals surface area contributed by atoms with Gasteiger partial charge in [0.2, 0.25) is 0 Å². The van der Waals surface area contributed by atoms with Crippen LogP contribution >= 0.6 is 0 Å². The first kappa shape index (κ1) is 22.1. The molecular weight excluding hydrogens is 425 g/mol. The summed E-state index contributed by atoms with van der Waals surface area (Å²) in [5, 5.41) is 4.89. The van der Waals surface area contributed by atoms with E-state index < -0.39 is 24.2 Å². The van der Waals surface area contributed by atoms with Gasteiger partial charge in [-0.2, -0.15) is 5.10 Å². The van der Waals surface area contributed by atoms with Gasteiger partial charge >= 0.3 is 5.97 Å². The zero-order valence-electron chi connectivity index (χ0n) is 18.4. The van der Waals surface area contributed by atoms with Crippen molar-refractivity contribution in [3.8, 4) is 17.0 Å². The van der Waals surface area contributed by atoms with Crippen molar-refractivity contribution in [1.82, 2.24) is 14.8 Å². The molecule has 168 valence electrons. The molecule has 0 atom stereocenters. The van der Waals surface area contributed by atoms with Crippen LogP contribution in [-0.2, 0) is 4.74 Å². The summed E-state index contributed by atoms with van der Waals surface area (Å²) in [6.45, 7) is 3.40. The number of esters is 1. The Morgan fingerprint density at radius 2 is 1.85 bits per heavy atom. The maximum atomic E-state index is 13.9. The SMILES string of the molecule is COc1ccc(C(=O)COC(=O)c2cc(-c3ccccc3)nc3c2cnn3C(C)C)cc1F. The average molecular weight is 447 g/mol. The summed E-state index contributed by atoms with van der Waals surface area (Å²) in [6.07, 6.45) is 1.56. The molecular formula is C25H22FN3O4. The molecule has 0 bridgehead atoms. The number of rotatable bonds is 7. The second-order valence-corrected chi connectivity index (χ2v) is 7.69. The van der Waals surface area contributed by atoms with Crippen molar-refractivity contribution in [3.05, 3.63) is 77.7 Å². The van der Waals surface area contributed by atoms with Crippen LogP contribution in [0.25, 0.3) is 22.3 Å². The molecule has 0 aliphatic heterocycles. The maximum Gasteiger partial charge on any atom is 0.339 e. The third-order valence-electron chi connectivity index (χ3n) is 5.15. The molecule has 0 fully saturated rings. The van der Waals surface area contributed by atoms with Gasteiger partial charge in [-0.1, -0.05) is 30.3 Å². The summed E-state index contributed by atoms with van der Waals surface area (Å²) in [6, 6.07) is 14.9. The number of pyridine rings is 1. The number of ether oxygens (including phenoxy) is 2. The van der Waals surface area contributed by atoms with E-state index in [1.54, 1.807) is 16.9 Å². The van der Waals surface area contributed by atoms with Crippen molar-refractivity contribution in [2.75, 3.05) is 13.7 Å². The predicted molar refractivity (Wildman–Crippen MR) is 121 cm³/mol. The van der Waals surface area contributed by atoms with E-state index in [9.17, 15) is 14.0 Å². The lowest BCUT2D eigenvalue weighted by atomic mass is 10.1. The van der Waals surface area contributed by atoms with Crippen molar-refractivity contribution in [3.63, 3.8) is 0 Å². The molecule has 0 amide bonds. The van der Waals surface area contributed by atoms with E-state index in [0.717, 1.165) is 11.6 Å². The van der Waals surface area contributed by atoms with E-state index in [-0.39, 0.29) is 22.9 Å². The van der Waals surface area contributed by atoms with E-state index in [0.29, 0.717) is 16.7 Å².